The number of rotatable bonds is 6. The Kier molecular flexibility index (Phi) is 5.53. The van der Waals surface area contributed by atoms with Crippen molar-refractivity contribution in [3.63, 3.8) is 0 Å². The minimum Gasteiger partial charge on any atom is -0.497 e. The highest BCUT2D eigenvalue weighted by Gasteiger charge is 2.11. The van der Waals surface area contributed by atoms with Crippen molar-refractivity contribution in [1.29, 1.82) is 0 Å². The minimum atomic E-state index is -0.0433. The van der Waals surface area contributed by atoms with Crippen molar-refractivity contribution in [2.75, 3.05) is 7.11 Å². The average Bonchev–Trinajstić information content (AvgIpc) is 2.69. The monoisotopic (exact) mass is 330 g/mol. The summed E-state index contributed by atoms with van der Waals surface area (Å²) in [7, 11) is 1.67. The normalized spacial score (nSPS) is 12.5. The lowest BCUT2D eigenvalue weighted by molar-refractivity contribution is 0.190. The second-order valence-corrected chi connectivity index (χ2v) is 5.82. The molecular weight excluding hydrogens is 308 g/mol. The van der Waals surface area contributed by atoms with Gasteiger partial charge in [-0.05, 0) is 48.4 Å². The summed E-state index contributed by atoms with van der Waals surface area (Å²) in [5.74, 6) is 1.67. The fourth-order valence-corrected chi connectivity index (χ4v) is 2.62. The van der Waals surface area contributed by atoms with Gasteiger partial charge in [-0.3, -0.25) is 0 Å². The molecule has 0 saturated carbocycles. The Bertz CT molecular complexity index is 806. The molecule has 3 aromatic carbocycles. The maximum atomic E-state index is 6.32. The van der Waals surface area contributed by atoms with Crippen molar-refractivity contribution in [3.05, 3.63) is 102 Å². The molecule has 0 fully saturated rings. The molecule has 0 bridgehead atoms. The highest BCUT2D eigenvalue weighted by Crippen LogP contribution is 2.28. The number of hydrogen-bond acceptors (Lipinski definition) is 2. The van der Waals surface area contributed by atoms with Crippen LogP contribution in [-0.2, 0) is 4.74 Å². The predicted octanol–water partition coefficient (Wildman–Crippen LogP) is 5.97. The fraction of sp³-hybridized carbons (Fsp3) is 0.130. The quantitative estimate of drug-likeness (QED) is 0.409. The molecule has 2 nitrogen and oxygen atoms in total. The summed E-state index contributed by atoms with van der Waals surface area (Å²) in [5.41, 5.74) is 3.27. The van der Waals surface area contributed by atoms with E-state index in [9.17, 15) is 0 Å². The Labute approximate surface area is 149 Å². The molecule has 2 heteroatoms. The molecule has 0 heterocycles. The van der Waals surface area contributed by atoms with Crippen LogP contribution in [0.3, 0.4) is 0 Å². The molecule has 0 radical (unpaired) electrons. The summed E-state index contributed by atoms with van der Waals surface area (Å²) < 4.78 is 11.6. The van der Waals surface area contributed by atoms with E-state index in [1.54, 1.807) is 7.11 Å². The Morgan fingerprint density at radius 2 is 1.40 bits per heavy atom. The van der Waals surface area contributed by atoms with Crippen LogP contribution in [0.4, 0.5) is 0 Å². The lowest BCUT2D eigenvalue weighted by Crippen LogP contribution is -2.00. The van der Waals surface area contributed by atoms with Gasteiger partial charge in [-0.15, -0.1) is 0 Å². The van der Waals surface area contributed by atoms with Gasteiger partial charge >= 0.3 is 0 Å². The van der Waals surface area contributed by atoms with Crippen molar-refractivity contribution in [2.45, 2.75) is 13.0 Å². The van der Waals surface area contributed by atoms with Gasteiger partial charge in [-0.2, -0.15) is 0 Å². The van der Waals surface area contributed by atoms with E-state index in [1.807, 2.05) is 60.7 Å². The Morgan fingerprint density at radius 3 is 2.00 bits per heavy atom. The van der Waals surface area contributed by atoms with Crippen LogP contribution in [0.1, 0.15) is 29.7 Å². The van der Waals surface area contributed by atoms with Crippen LogP contribution in [0, 0.1) is 0 Å². The molecule has 25 heavy (non-hydrogen) atoms. The first-order valence-corrected chi connectivity index (χ1v) is 8.39. The molecule has 1 unspecified atom stereocenters. The molecular formula is C23H22O2. The van der Waals surface area contributed by atoms with Crippen LogP contribution in [-0.4, -0.2) is 7.11 Å². The maximum Gasteiger partial charge on any atom is 0.128 e. The maximum absolute atomic E-state index is 6.32. The van der Waals surface area contributed by atoms with E-state index in [-0.39, 0.29) is 6.10 Å². The zero-order chi connectivity index (χ0) is 17.5. The molecule has 0 spiro atoms. The molecule has 126 valence electrons. The van der Waals surface area contributed by atoms with Crippen molar-refractivity contribution in [2.24, 2.45) is 0 Å². The molecule has 0 N–H and O–H groups in total. The molecule has 3 rings (SSSR count). The molecule has 0 amide bonds. The Balaban J connectivity index is 1.92. The molecule has 0 aliphatic carbocycles. The lowest BCUT2D eigenvalue weighted by atomic mass is 10.1. The molecule has 1 atom stereocenters. The van der Waals surface area contributed by atoms with Gasteiger partial charge in [0.1, 0.15) is 17.6 Å². The first-order valence-electron chi connectivity index (χ1n) is 8.39. The molecule has 0 saturated heterocycles. The van der Waals surface area contributed by atoms with Crippen LogP contribution < -0.4 is 4.74 Å². The second-order valence-electron chi connectivity index (χ2n) is 5.82. The van der Waals surface area contributed by atoms with Gasteiger partial charge in [0.25, 0.3) is 0 Å². The summed E-state index contributed by atoms with van der Waals surface area (Å²) >= 11 is 0. The van der Waals surface area contributed by atoms with E-state index in [0.29, 0.717) is 0 Å². The van der Waals surface area contributed by atoms with Crippen molar-refractivity contribution in [3.8, 4) is 5.75 Å². The molecule has 3 aromatic rings. The van der Waals surface area contributed by atoms with Gasteiger partial charge in [-0.25, -0.2) is 0 Å². The predicted molar refractivity (Wildman–Crippen MR) is 103 cm³/mol. The second kappa shape index (κ2) is 8.20. The van der Waals surface area contributed by atoms with Crippen LogP contribution in [0.2, 0.25) is 0 Å². The summed E-state index contributed by atoms with van der Waals surface area (Å²) in [6.07, 6.45) is 2.03. The largest absolute Gasteiger partial charge is 0.497 e. The van der Waals surface area contributed by atoms with Gasteiger partial charge in [0.05, 0.1) is 7.11 Å². The van der Waals surface area contributed by atoms with E-state index >= 15 is 0 Å². The Hall–Kier alpha value is -3.00. The van der Waals surface area contributed by atoms with Gasteiger partial charge in [-0.1, -0.05) is 60.7 Å². The zero-order valence-corrected chi connectivity index (χ0v) is 14.6. The van der Waals surface area contributed by atoms with E-state index in [1.165, 1.54) is 0 Å². The van der Waals surface area contributed by atoms with Gasteiger partial charge in [0.2, 0.25) is 0 Å². The highest BCUT2D eigenvalue weighted by molar-refractivity contribution is 5.77. The number of hydrogen-bond donors (Lipinski definition) is 0. The minimum absolute atomic E-state index is 0.0433. The summed E-state index contributed by atoms with van der Waals surface area (Å²) in [6.45, 7) is 2.07. The highest BCUT2D eigenvalue weighted by atomic mass is 16.5. The molecule has 0 aliphatic heterocycles. The summed E-state index contributed by atoms with van der Waals surface area (Å²) in [4.78, 5) is 0. The third-order valence-electron chi connectivity index (χ3n) is 4.04. The smallest absolute Gasteiger partial charge is 0.128 e. The summed E-state index contributed by atoms with van der Waals surface area (Å²) in [6, 6.07) is 28.4. The van der Waals surface area contributed by atoms with E-state index in [2.05, 4.69) is 37.3 Å². The zero-order valence-electron chi connectivity index (χ0n) is 14.6. The van der Waals surface area contributed by atoms with Crippen molar-refractivity contribution < 1.29 is 9.47 Å². The lowest BCUT2D eigenvalue weighted by Gasteiger charge is -2.18. The average molecular weight is 330 g/mol. The topological polar surface area (TPSA) is 18.5 Å². The molecule has 0 aliphatic rings. The standard InChI is InChI=1S/C23H22O2/c1-18(20-11-7-4-8-12-20)25-23(17-19-9-5-3-6-10-19)21-13-15-22(24-2)16-14-21/h3-18H,1-2H3/b23-17-. The Morgan fingerprint density at radius 1 is 0.800 bits per heavy atom. The third kappa shape index (κ3) is 4.51. The fourth-order valence-electron chi connectivity index (χ4n) is 2.62. The van der Waals surface area contributed by atoms with Crippen LogP contribution in [0.25, 0.3) is 11.8 Å². The first kappa shape index (κ1) is 16.8. The van der Waals surface area contributed by atoms with Crippen LogP contribution >= 0.6 is 0 Å². The van der Waals surface area contributed by atoms with Gasteiger partial charge < -0.3 is 9.47 Å². The van der Waals surface area contributed by atoms with Crippen LogP contribution in [0.5, 0.6) is 5.75 Å². The van der Waals surface area contributed by atoms with Gasteiger partial charge in [0.15, 0.2) is 0 Å². The van der Waals surface area contributed by atoms with E-state index in [0.717, 1.165) is 28.2 Å². The van der Waals surface area contributed by atoms with E-state index < -0.39 is 0 Å². The van der Waals surface area contributed by atoms with Crippen molar-refractivity contribution in [1.82, 2.24) is 0 Å². The number of methoxy groups -OCH3 is 1. The summed E-state index contributed by atoms with van der Waals surface area (Å²) in [5, 5.41) is 0. The first-order chi connectivity index (χ1) is 12.3. The molecule has 0 aromatic heterocycles. The van der Waals surface area contributed by atoms with E-state index in [4.69, 9.17) is 9.47 Å². The SMILES string of the molecule is COc1ccc(/C(=C/c2ccccc2)OC(C)c2ccccc2)cc1. The number of benzene rings is 3. The van der Waals surface area contributed by atoms with Crippen molar-refractivity contribution >= 4 is 11.8 Å². The van der Waals surface area contributed by atoms with Gasteiger partial charge in [0, 0.05) is 5.56 Å². The third-order valence-corrected chi connectivity index (χ3v) is 4.04. The number of ether oxygens (including phenoxy) is 2. The van der Waals surface area contributed by atoms with Crippen LogP contribution in [0.15, 0.2) is 84.9 Å².